The average molecular weight is 716 g/mol. The summed E-state index contributed by atoms with van der Waals surface area (Å²) >= 11 is 0. The van der Waals surface area contributed by atoms with Crippen LogP contribution in [0.15, 0.2) is 185 Å². The molecule has 9 aromatic carbocycles. The zero-order chi connectivity index (χ0) is 36.7. The smallest absolute Gasteiger partial charge is 0.164 e. The topological polar surface area (TPSA) is 65.0 Å². The number of furan rings is 2. The molecule has 0 amide bonds. The average Bonchev–Trinajstić information content (AvgIpc) is 3.84. The highest BCUT2D eigenvalue weighted by atomic mass is 16.3. The number of hydrogen-bond acceptors (Lipinski definition) is 5. The Balaban J connectivity index is 1.16. The highest BCUT2D eigenvalue weighted by molar-refractivity contribution is 6.21. The van der Waals surface area contributed by atoms with E-state index < -0.39 is 0 Å². The van der Waals surface area contributed by atoms with E-state index in [1.54, 1.807) is 0 Å². The summed E-state index contributed by atoms with van der Waals surface area (Å²) in [6, 6.07) is 61.0. The largest absolute Gasteiger partial charge is 0.456 e. The van der Waals surface area contributed by atoms with Crippen molar-refractivity contribution in [2.24, 2.45) is 0 Å². The SMILES string of the molecule is c1ccc(-c2cccc3ccc4c5ccccc5ccc4c23)c(-c2nc(-c3cccc4oc5ccccc5c34)nc(-c3cccc4oc5ccccc5c34)n2)c1. The molecule has 12 aromatic rings. The van der Waals surface area contributed by atoms with Crippen LogP contribution in [-0.4, -0.2) is 15.0 Å². The Bertz CT molecular complexity index is 3430. The number of para-hydroxylation sites is 2. The highest BCUT2D eigenvalue weighted by Gasteiger charge is 2.22. The molecule has 0 fully saturated rings. The number of nitrogens with zero attached hydrogens (tertiary/aromatic N) is 3. The van der Waals surface area contributed by atoms with Crippen molar-refractivity contribution < 1.29 is 8.83 Å². The quantitative estimate of drug-likeness (QED) is 0.170. The predicted molar refractivity (Wildman–Crippen MR) is 229 cm³/mol. The van der Waals surface area contributed by atoms with Gasteiger partial charge in [-0.05, 0) is 67.7 Å². The maximum Gasteiger partial charge on any atom is 0.164 e. The van der Waals surface area contributed by atoms with Crippen molar-refractivity contribution in [3.8, 4) is 45.3 Å². The summed E-state index contributed by atoms with van der Waals surface area (Å²) in [4.78, 5) is 16.0. The molecule has 0 aliphatic heterocycles. The Labute approximate surface area is 320 Å². The molecular formula is C51H29N3O2. The third-order valence-corrected chi connectivity index (χ3v) is 11.1. The molecule has 0 radical (unpaired) electrons. The first kappa shape index (κ1) is 30.8. The van der Waals surface area contributed by atoms with Gasteiger partial charge in [0.2, 0.25) is 0 Å². The van der Waals surface area contributed by atoms with Crippen LogP contribution >= 0.6 is 0 Å². The monoisotopic (exact) mass is 715 g/mol. The van der Waals surface area contributed by atoms with Gasteiger partial charge in [-0.25, -0.2) is 15.0 Å². The highest BCUT2D eigenvalue weighted by Crippen LogP contribution is 2.43. The van der Waals surface area contributed by atoms with Crippen LogP contribution in [0, 0.1) is 0 Å². The molecule has 0 bridgehead atoms. The maximum absolute atomic E-state index is 6.34. The van der Waals surface area contributed by atoms with Crippen molar-refractivity contribution in [3.05, 3.63) is 176 Å². The van der Waals surface area contributed by atoms with Crippen LogP contribution in [0.1, 0.15) is 0 Å². The van der Waals surface area contributed by atoms with E-state index in [0.717, 1.165) is 71.7 Å². The first-order valence-electron chi connectivity index (χ1n) is 18.8. The maximum atomic E-state index is 6.34. The van der Waals surface area contributed by atoms with Gasteiger partial charge >= 0.3 is 0 Å². The van der Waals surface area contributed by atoms with Crippen LogP contribution in [0.3, 0.4) is 0 Å². The number of aromatic nitrogens is 3. The molecule has 56 heavy (non-hydrogen) atoms. The molecule has 0 aliphatic rings. The summed E-state index contributed by atoms with van der Waals surface area (Å²) in [5.41, 5.74) is 8.03. The Morgan fingerprint density at radius 2 is 0.696 bits per heavy atom. The second-order valence-electron chi connectivity index (χ2n) is 14.3. The number of benzene rings is 9. The van der Waals surface area contributed by atoms with Gasteiger partial charge in [-0.3, -0.25) is 0 Å². The normalized spacial score (nSPS) is 11.9. The molecular weight excluding hydrogens is 687 g/mol. The fourth-order valence-electron chi connectivity index (χ4n) is 8.67. The van der Waals surface area contributed by atoms with Gasteiger partial charge in [-0.15, -0.1) is 0 Å². The lowest BCUT2D eigenvalue weighted by Gasteiger charge is -2.16. The van der Waals surface area contributed by atoms with Crippen LogP contribution in [0.25, 0.3) is 121 Å². The summed E-state index contributed by atoms with van der Waals surface area (Å²) in [5, 5.41) is 11.2. The summed E-state index contributed by atoms with van der Waals surface area (Å²) in [5.74, 6) is 1.71. The predicted octanol–water partition coefficient (Wildman–Crippen LogP) is 13.8. The Morgan fingerprint density at radius 1 is 0.250 bits per heavy atom. The van der Waals surface area contributed by atoms with Crippen molar-refractivity contribution in [2.45, 2.75) is 0 Å². The Kier molecular flexibility index (Phi) is 6.56. The van der Waals surface area contributed by atoms with Crippen LogP contribution < -0.4 is 0 Å². The third kappa shape index (κ3) is 4.58. The fraction of sp³-hybridized carbons (Fsp3) is 0. The van der Waals surface area contributed by atoms with E-state index in [-0.39, 0.29) is 0 Å². The standard InChI is InChI=1S/C51H29N3O2/c1-2-14-32-30(12-1)26-29-36-34(32)28-27-31-13-9-19-35(46(31)36)33-15-3-4-16-37(33)49-52-50(40-20-10-24-44-47(40)38-17-5-7-22-42(38)55-44)54-51(53-49)41-21-11-25-45-48(41)39-18-6-8-23-43(39)56-45/h1-29H. The zero-order valence-corrected chi connectivity index (χ0v) is 29.9. The summed E-state index contributed by atoms with van der Waals surface area (Å²) in [7, 11) is 0. The van der Waals surface area contributed by atoms with E-state index in [1.807, 2.05) is 60.7 Å². The molecule has 0 spiro atoms. The summed E-state index contributed by atoms with van der Waals surface area (Å²) in [6.45, 7) is 0. The van der Waals surface area contributed by atoms with E-state index >= 15 is 0 Å². The van der Waals surface area contributed by atoms with Gasteiger partial charge in [-0.1, -0.05) is 152 Å². The van der Waals surface area contributed by atoms with Crippen molar-refractivity contribution in [1.29, 1.82) is 0 Å². The number of fused-ring (bicyclic) bond motifs is 11. The van der Waals surface area contributed by atoms with E-state index in [1.165, 1.54) is 32.3 Å². The van der Waals surface area contributed by atoms with Crippen molar-refractivity contribution in [3.63, 3.8) is 0 Å². The number of hydrogen-bond donors (Lipinski definition) is 0. The summed E-state index contributed by atoms with van der Waals surface area (Å²) < 4.78 is 12.7. The minimum Gasteiger partial charge on any atom is -0.456 e. The molecule has 3 heterocycles. The molecule has 5 heteroatoms. The van der Waals surface area contributed by atoms with E-state index in [0.29, 0.717) is 17.5 Å². The van der Waals surface area contributed by atoms with Crippen molar-refractivity contribution in [2.75, 3.05) is 0 Å². The van der Waals surface area contributed by atoms with Crippen molar-refractivity contribution in [1.82, 2.24) is 15.0 Å². The molecule has 0 saturated carbocycles. The van der Waals surface area contributed by atoms with Gasteiger partial charge in [0.25, 0.3) is 0 Å². The molecule has 0 unspecified atom stereocenters. The second kappa shape index (κ2) is 11.9. The minimum atomic E-state index is 0.566. The van der Waals surface area contributed by atoms with Gasteiger partial charge in [0.1, 0.15) is 22.3 Å². The van der Waals surface area contributed by atoms with Gasteiger partial charge in [0.05, 0.1) is 0 Å². The number of rotatable bonds is 4. The first-order valence-corrected chi connectivity index (χ1v) is 18.8. The molecule has 0 atom stereocenters. The summed E-state index contributed by atoms with van der Waals surface area (Å²) in [6.07, 6.45) is 0. The molecule has 5 nitrogen and oxygen atoms in total. The van der Waals surface area contributed by atoms with E-state index in [2.05, 4.69) is 115 Å². The lowest BCUT2D eigenvalue weighted by molar-refractivity contribution is 0.668. The molecule has 0 N–H and O–H groups in total. The molecule has 3 aromatic heterocycles. The van der Waals surface area contributed by atoms with Crippen LogP contribution in [0.5, 0.6) is 0 Å². The Morgan fingerprint density at radius 3 is 1.38 bits per heavy atom. The lowest BCUT2D eigenvalue weighted by atomic mass is 9.90. The van der Waals surface area contributed by atoms with Gasteiger partial charge in [0.15, 0.2) is 17.5 Å². The van der Waals surface area contributed by atoms with Gasteiger partial charge in [0, 0.05) is 38.2 Å². The van der Waals surface area contributed by atoms with Crippen LogP contribution in [-0.2, 0) is 0 Å². The zero-order valence-electron chi connectivity index (χ0n) is 29.9. The van der Waals surface area contributed by atoms with Crippen molar-refractivity contribution >= 4 is 76.2 Å². The van der Waals surface area contributed by atoms with Crippen LogP contribution in [0.2, 0.25) is 0 Å². The fourth-order valence-corrected chi connectivity index (χ4v) is 8.67. The third-order valence-electron chi connectivity index (χ3n) is 11.1. The molecule has 0 saturated heterocycles. The first-order chi connectivity index (χ1) is 27.8. The van der Waals surface area contributed by atoms with E-state index in [4.69, 9.17) is 23.8 Å². The van der Waals surface area contributed by atoms with Gasteiger partial charge < -0.3 is 8.83 Å². The molecule has 12 rings (SSSR count). The molecule has 260 valence electrons. The lowest BCUT2D eigenvalue weighted by Crippen LogP contribution is -2.01. The Hall–Kier alpha value is -7.63. The minimum absolute atomic E-state index is 0.566. The van der Waals surface area contributed by atoms with Gasteiger partial charge in [-0.2, -0.15) is 0 Å². The second-order valence-corrected chi connectivity index (χ2v) is 14.3. The van der Waals surface area contributed by atoms with Crippen LogP contribution in [0.4, 0.5) is 0 Å². The molecule has 0 aliphatic carbocycles. The van der Waals surface area contributed by atoms with E-state index in [9.17, 15) is 0 Å².